The smallest absolute Gasteiger partial charge is 0.314 e. The molecule has 3 rings (SSSR count). The highest BCUT2D eigenvalue weighted by Crippen LogP contribution is 2.49. The maximum absolute atomic E-state index is 12.1. The zero-order chi connectivity index (χ0) is 13.5. The molecule has 0 aliphatic heterocycles. The van der Waals surface area contributed by atoms with Gasteiger partial charge in [-0.15, -0.1) is 0 Å². The third-order valence-corrected chi connectivity index (χ3v) is 5.01. The fraction of sp³-hybridized carbons (Fsp3) is 0.562. The van der Waals surface area contributed by atoms with Crippen LogP contribution in [0.2, 0.25) is 0 Å². The van der Waals surface area contributed by atoms with Gasteiger partial charge in [0.05, 0.1) is 11.5 Å². The number of aliphatic hydroxyl groups is 1. The fourth-order valence-corrected chi connectivity index (χ4v) is 4.15. The average molecular weight is 260 g/mol. The molecular formula is C16H20O3. The molecule has 0 aromatic heterocycles. The standard InChI is InChI=1S/C16H20O3/c17-14-9-3-8-13(14)16(15(18)19)10-4-6-11-5-1-2-7-12(11)16/h1-2,5,7,13-14,17H,3-4,6,8-10H2,(H,18,19). The van der Waals surface area contributed by atoms with Crippen molar-refractivity contribution in [2.45, 2.75) is 50.0 Å². The van der Waals surface area contributed by atoms with E-state index < -0.39 is 17.5 Å². The molecule has 3 heteroatoms. The van der Waals surface area contributed by atoms with Gasteiger partial charge in [0.15, 0.2) is 0 Å². The van der Waals surface area contributed by atoms with Crippen molar-refractivity contribution in [1.82, 2.24) is 0 Å². The SMILES string of the molecule is O=C(O)C1(C2CCCC2O)CCCc2ccccc21. The van der Waals surface area contributed by atoms with Crippen molar-refractivity contribution in [3.63, 3.8) is 0 Å². The Morgan fingerprint density at radius 2 is 2.00 bits per heavy atom. The first-order chi connectivity index (χ1) is 9.16. The number of hydrogen-bond acceptors (Lipinski definition) is 2. The van der Waals surface area contributed by atoms with E-state index in [9.17, 15) is 15.0 Å². The van der Waals surface area contributed by atoms with E-state index >= 15 is 0 Å². The number of aryl methyl sites for hydroxylation is 1. The van der Waals surface area contributed by atoms with Gasteiger partial charge >= 0.3 is 5.97 Å². The van der Waals surface area contributed by atoms with E-state index in [1.807, 2.05) is 24.3 Å². The van der Waals surface area contributed by atoms with Crippen LogP contribution in [0.15, 0.2) is 24.3 Å². The highest BCUT2D eigenvalue weighted by Gasteiger charge is 2.53. The third kappa shape index (κ3) is 1.79. The minimum absolute atomic E-state index is 0.133. The van der Waals surface area contributed by atoms with Crippen molar-refractivity contribution in [2.75, 3.05) is 0 Å². The van der Waals surface area contributed by atoms with Crippen LogP contribution < -0.4 is 0 Å². The summed E-state index contributed by atoms with van der Waals surface area (Å²) in [6.07, 6.45) is 4.52. The van der Waals surface area contributed by atoms with Gasteiger partial charge in [0.1, 0.15) is 0 Å². The first-order valence-electron chi connectivity index (χ1n) is 7.16. The van der Waals surface area contributed by atoms with Crippen LogP contribution in [0.5, 0.6) is 0 Å². The second-order valence-corrected chi connectivity index (χ2v) is 5.89. The number of aliphatic carboxylic acids is 1. The topological polar surface area (TPSA) is 57.5 Å². The predicted octanol–water partition coefficient (Wildman–Crippen LogP) is 2.51. The van der Waals surface area contributed by atoms with Crippen molar-refractivity contribution >= 4 is 5.97 Å². The second kappa shape index (κ2) is 4.64. The monoisotopic (exact) mass is 260 g/mol. The summed E-state index contributed by atoms with van der Waals surface area (Å²) in [5.74, 6) is -0.892. The van der Waals surface area contributed by atoms with E-state index in [0.29, 0.717) is 6.42 Å². The molecule has 0 spiro atoms. The van der Waals surface area contributed by atoms with E-state index in [-0.39, 0.29) is 5.92 Å². The Morgan fingerprint density at radius 3 is 2.68 bits per heavy atom. The van der Waals surface area contributed by atoms with E-state index in [1.54, 1.807) is 0 Å². The maximum atomic E-state index is 12.1. The molecule has 0 amide bonds. The quantitative estimate of drug-likeness (QED) is 0.859. The van der Waals surface area contributed by atoms with E-state index in [0.717, 1.165) is 43.2 Å². The summed E-state index contributed by atoms with van der Waals surface area (Å²) in [7, 11) is 0. The van der Waals surface area contributed by atoms with Gasteiger partial charge in [-0.25, -0.2) is 0 Å². The summed E-state index contributed by atoms with van der Waals surface area (Å²) in [5, 5.41) is 20.1. The molecule has 1 saturated carbocycles. The predicted molar refractivity (Wildman–Crippen MR) is 72.0 cm³/mol. The minimum Gasteiger partial charge on any atom is -0.481 e. The summed E-state index contributed by atoms with van der Waals surface area (Å²) in [6, 6.07) is 7.88. The van der Waals surface area contributed by atoms with E-state index in [2.05, 4.69) is 0 Å². The molecule has 0 saturated heterocycles. The van der Waals surface area contributed by atoms with Gasteiger partial charge in [0.2, 0.25) is 0 Å². The molecule has 1 fully saturated rings. The molecule has 3 atom stereocenters. The number of carboxylic acid groups (broad SMARTS) is 1. The zero-order valence-electron chi connectivity index (χ0n) is 11.0. The lowest BCUT2D eigenvalue weighted by molar-refractivity contribution is -0.149. The van der Waals surface area contributed by atoms with Gasteiger partial charge < -0.3 is 10.2 Å². The molecule has 2 N–H and O–H groups in total. The second-order valence-electron chi connectivity index (χ2n) is 5.89. The number of fused-ring (bicyclic) bond motifs is 1. The van der Waals surface area contributed by atoms with Crippen LogP contribution in [0.4, 0.5) is 0 Å². The molecule has 1 aromatic carbocycles. The Balaban J connectivity index is 2.14. The number of carbonyl (C=O) groups is 1. The van der Waals surface area contributed by atoms with E-state index in [1.165, 1.54) is 0 Å². The molecule has 19 heavy (non-hydrogen) atoms. The summed E-state index contributed by atoms with van der Waals surface area (Å²) in [6.45, 7) is 0. The summed E-state index contributed by atoms with van der Waals surface area (Å²) < 4.78 is 0. The zero-order valence-corrected chi connectivity index (χ0v) is 11.0. The maximum Gasteiger partial charge on any atom is 0.314 e. The largest absolute Gasteiger partial charge is 0.481 e. The highest BCUT2D eigenvalue weighted by atomic mass is 16.4. The van der Waals surface area contributed by atoms with Crippen LogP contribution in [0.3, 0.4) is 0 Å². The van der Waals surface area contributed by atoms with Crippen molar-refractivity contribution in [2.24, 2.45) is 5.92 Å². The Hall–Kier alpha value is -1.35. The van der Waals surface area contributed by atoms with Gasteiger partial charge in [0.25, 0.3) is 0 Å². The lowest BCUT2D eigenvalue weighted by Gasteiger charge is -2.41. The molecule has 3 unspecified atom stereocenters. The van der Waals surface area contributed by atoms with Gasteiger partial charge in [0, 0.05) is 5.92 Å². The molecule has 1 aromatic rings. The Labute approximate surface area is 113 Å². The van der Waals surface area contributed by atoms with Gasteiger partial charge in [-0.1, -0.05) is 30.7 Å². The summed E-state index contributed by atoms with van der Waals surface area (Å²) in [5.41, 5.74) is 1.22. The summed E-state index contributed by atoms with van der Waals surface area (Å²) >= 11 is 0. The van der Waals surface area contributed by atoms with Crippen molar-refractivity contribution in [1.29, 1.82) is 0 Å². The van der Waals surface area contributed by atoms with Crippen molar-refractivity contribution in [3.8, 4) is 0 Å². The first kappa shape index (κ1) is 12.7. The molecule has 0 bridgehead atoms. The number of rotatable bonds is 2. The van der Waals surface area contributed by atoms with Crippen LogP contribution in [0, 0.1) is 5.92 Å². The first-order valence-corrected chi connectivity index (χ1v) is 7.16. The molecule has 2 aliphatic carbocycles. The number of carboxylic acids is 1. The molecule has 3 nitrogen and oxygen atoms in total. The van der Waals surface area contributed by atoms with Crippen LogP contribution in [-0.4, -0.2) is 22.3 Å². The fourth-order valence-electron chi connectivity index (χ4n) is 4.15. The highest BCUT2D eigenvalue weighted by molar-refractivity contribution is 5.83. The summed E-state index contributed by atoms with van der Waals surface area (Å²) in [4.78, 5) is 12.1. The van der Waals surface area contributed by atoms with Crippen LogP contribution in [0.25, 0.3) is 0 Å². The number of hydrogen-bond donors (Lipinski definition) is 2. The molecular weight excluding hydrogens is 240 g/mol. The Bertz CT molecular complexity index is 497. The van der Waals surface area contributed by atoms with Crippen LogP contribution >= 0.6 is 0 Å². The third-order valence-electron chi connectivity index (χ3n) is 5.01. The normalized spacial score (nSPS) is 33.9. The van der Waals surface area contributed by atoms with Crippen LogP contribution in [-0.2, 0) is 16.6 Å². The van der Waals surface area contributed by atoms with E-state index in [4.69, 9.17) is 0 Å². The molecule has 0 heterocycles. The average Bonchev–Trinajstić information content (AvgIpc) is 2.84. The minimum atomic E-state index is -0.870. The van der Waals surface area contributed by atoms with Crippen LogP contribution in [0.1, 0.15) is 43.2 Å². The molecule has 0 radical (unpaired) electrons. The number of aliphatic hydroxyl groups excluding tert-OH is 1. The van der Waals surface area contributed by atoms with Gasteiger partial charge in [-0.2, -0.15) is 0 Å². The Morgan fingerprint density at radius 1 is 1.21 bits per heavy atom. The van der Waals surface area contributed by atoms with Crippen molar-refractivity contribution < 1.29 is 15.0 Å². The van der Waals surface area contributed by atoms with Gasteiger partial charge in [-0.3, -0.25) is 4.79 Å². The number of benzene rings is 1. The van der Waals surface area contributed by atoms with Gasteiger partial charge in [-0.05, 0) is 43.2 Å². The molecule has 2 aliphatic rings. The van der Waals surface area contributed by atoms with Crippen molar-refractivity contribution in [3.05, 3.63) is 35.4 Å². The lowest BCUT2D eigenvalue weighted by atomic mass is 9.61. The Kier molecular flexibility index (Phi) is 3.09. The molecule has 102 valence electrons. The lowest BCUT2D eigenvalue weighted by Crippen LogP contribution is -2.48.